The zero-order valence-electron chi connectivity index (χ0n) is 24.7. The fraction of sp³-hybridized carbons (Fsp3) is 0.412. The molecule has 222 valence electrons. The molecular formula is C34H39Cl2N3O3. The van der Waals surface area contributed by atoms with Crippen molar-refractivity contribution in [3.05, 3.63) is 98.5 Å². The summed E-state index contributed by atoms with van der Waals surface area (Å²) in [5.41, 5.74) is 3.02. The molecule has 0 saturated carbocycles. The summed E-state index contributed by atoms with van der Waals surface area (Å²) in [6.45, 7) is 9.47. The highest BCUT2D eigenvalue weighted by atomic mass is 35.5. The van der Waals surface area contributed by atoms with Gasteiger partial charge in [-0.2, -0.15) is 0 Å². The van der Waals surface area contributed by atoms with Crippen LogP contribution in [0, 0.1) is 13.8 Å². The van der Waals surface area contributed by atoms with Crippen LogP contribution >= 0.6 is 23.2 Å². The van der Waals surface area contributed by atoms with Gasteiger partial charge in [0, 0.05) is 48.2 Å². The van der Waals surface area contributed by atoms with Crippen LogP contribution in [-0.2, 0) is 21.4 Å². The predicted octanol–water partition coefficient (Wildman–Crippen LogP) is 6.37. The smallest absolute Gasteiger partial charge is 0.235 e. The number of aryl methyl sites for hydroxylation is 2. The second kappa shape index (κ2) is 12.3. The first-order valence-electron chi connectivity index (χ1n) is 14.7. The molecule has 0 bridgehead atoms. The lowest BCUT2D eigenvalue weighted by atomic mass is 9.64. The molecular weight excluding hydrogens is 569 g/mol. The summed E-state index contributed by atoms with van der Waals surface area (Å²) in [5, 5.41) is 15.3. The molecule has 42 heavy (non-hydrogen) atoms. The number of phenolic OH excluding ortho intramolecular Hbond substituents is 1. The molecule has 3 aromatic rings. The van der Waals surface area contributed by atoms with Crippen molar-refractivity contribution in [2.45, 2.75) is 70.5 Å². The third-order valence-electron chi connectivity index (χ3n) is 8.81. The normalized spacial score (nSPS) is 24.6. The molecule has 5 rings (SSSR count). The minimum Gasteiger partial charge on any atom is -0.507 e. The molecule has 2 aliphatic rings. The van der Waals surface area contributed by atoms with Gasteiger partial charge in [0.05, 0.1) is 11.5 Å². The molecule has 2 saturated heterocycles. The number of benzene rings is 3. The van der Waals surface area contributed by atoms with Crippen molar-refractivity contribution in [2.24, 2.45) is 0 Å². The topological polar surface area (TPSA) is 72.9 Å². The van der Waals surface area contributed by atoms with E-state index in [1.807, 2.05) is 72.2 Å². The van der Waals surface area contributed by atoms with Gasteiger partial charge in [0.25, 0.3) is 0 Å². The number of carbonyl (C=O) groups excluding carboxylic acids is 2. The van der Waals surface area contributed by atoms with E-state index in [-0.39, 0.29) is 36.1 Å². The zero-order chi connectivity index (χ0) is 30.2. The quantitative estimate of drug-likeness (QED) is 0.341. The number of piperazine rings is 1. The Bertz CT molecular complexity index is 1450. The van der Waals surface area contributed by atoms with Crippen LogP contribution in [0.2, 0.25) is 10.0 Å². The first-order valence-corrected chi connectivity index (χ1v) is 15.4. The van der Waals surface area contributed by atoms with E-state index < -0.39 is 11.5 Å². The standard InChI is InChI=1S/C34H39Cl2N3O3/c1-21-16-26(17-22(2)31(21)41)32-34(27-8-6-5-7-9-27,33(42)38-19-23(3)37-24(4)20-38)14-12-30(40)39(32)15-13-25-10-11-28(35)18-29(25)36/h5-11,16-18,23-24,32,37,41H,12-15,19-20H2,1-4H3. The number of piperidine rings is 1. The largest absolute Gasteiger partial charge is 0.507 e. The maximum absolute atomic E-state index is 15.1. The highest BCUT2D eigenvalue weighted by molar-refractivity contribution is 6.35. The van der Waals surface area contributed by atoms with Gasteiger partial charge in [-0.15, -0.1) is 0 Å². The number of nitrogens with zero attached hydrogens (tertiary/aromatic N) is 2. The molecule has 0 radical (unpaired) electrons. The van der Waals surface area contributed by atoms with Crippen molar-refractivity contribution >= 4 is 35.0 Å². The molecule has 2 heterocycles. The van der Waals surface area contributed by atoms with Crippen LogP contribution in [-0.4, -0.2) is 58.4 Å². The van der Waals surface area contributed by atoms with E-state index in [0.29, 0.717) is 53.6 Å². The van der Waals surface area contributed by atoms with Gasteiger partial charge in [0.2, 0.25) is 11.8 Å². The van der Waals surface area contributed by atoms with Gasteiger partial charge in [-0.1, -0.05) is 71.7 Å². The number of nitrogens with one attached hydrogen (secondary N) is 1. The second-order valence-electron chi connectivity index (χ2n) is 12.0. The summed E-state index contributed by atoms with van der Waals surface area (Å²) in [7, 11) is 0. The van der Waals surface area contributed by atoms with E-state index in [4.69, 9.17) is 23.2 Å². The predicted molar refractivity (Wildman–Crippen MR) is 168 cm³/mol. The molecule has 6 nitrogen and oxygen atoms in total. The van der Waals surface area contributed by atoms with Crippen LogP contribution in [0.5, 0.6) is 5.75 Å². The average molecular weight is 609 g/mol. The van der Waals surface area contributed by atoms with Gasteiger partial charge >= 0.3 is 0 Å². The maximum Gasteiger partial charge on any atom is 0.235 e. The molecule has 0 aromatic heterocycles. The fourth-order valence-corrected chi connectivity index (χ4v) is 7.49. The van der Waals surface area contributed by atoms with Gasteiger partial charge in [-0.05, 0) is 80.5 Å². The third-order valence-corrected chi connectivity index (χ3v) is 9.40. The number of hydrogen-bond donors (Lipinski definition) is 2. The Kier molecular flexibility index (Phi) is 8.89. The molecule has 3 aromatic carbocycles. The molecule has 8 heteroatoms. The summed E-state index contributed by atoms with van der Waals surface area (Å²) >= 11 is 12.7. The Hall–Kier alpha value is -3.06. The second-order valence-corrected chi connectivity index (χ2v) is 12.8. The van der Waals surface area contributed by atoms with Crippen molar-refractivity contribution < 1.29 is 14.7 Å². The molecule has 4 atom stereocenters. The summed E-state index contributed by atoms with van der Waals surface area (Å²) < 4.78 is 0. The minimum atomic E-state index is -1.02. The van der Waals surface area contributed by atoms with Crippen molar-refractivity contribution in [1.82, 2.24) is 15.1 Å². The van der Waals surface area contributed by atoms with E-state index in [2.05, 4.69) is 19.2 Å². The van der Waals surface area contributed by atoms with E-state index >= 15 is 4.79 Å². The monoisotopic (exact) mass is 607 g/mol. The molecule has 4 unspecified atom stereocenters. The Morgan fingerprint density at radius 3 is 2.26 bits per heavy atom. The molecule has 0 spiro atoms. The van der Waals surface area contributed by atoms with Crippen LogP contribution in [0.1, 0.15) is 60.5 Å². The molecule has 2 N–H and O–H groups in total. The Morgan fingerprint density at radius 1 is 1.00 bits per heavy atom. The first-order chi connectivity index (χ1) is 20.0. The van der Waals surface area contributed by atoms with Crippen LogP contribution in [0.3, 0.4) is 0 Å². The number of amides is 2. The van der Waals surface area contributed by atoms with Crippen LogP contribution < -0.4 is 5.32 Å². The van der Waals surface area contributed by atoms with Gasteiger partial charge in [-0.25, -0.2) is 0 Å². The number of halogens is 2. The summed E-state index contributed by atoms with van der Waals surface area (Å²) in [6.07, 6.45) is 1.15. The molecule has 2 amide bonds. The zero-order valence-corrected chi connectivity index (χ0v) is 26.2. The molecule has 0 aliphatic carbocycles. The number of aromatic hydroxyl groups is 1. The SMILES string of the molecule is Cc1cc(C2N(CCc3ccc(Cl)cc3Cl)C(=O)CCC2(C(=O)N2CC(C)NC(C)C2)c2ccccc2)cc(C)c1O. The number of carbonyl (C=O) groups is 2. The van der Waals surface area contributed by atoms with E-state index in [9.17, 15) is 9.90 Å². The lowest BCUT2D eigenvalue weighted by Crippen LogP contribution is -2.64. The highest BCUT2D eigenvalue weighted by Crippen LogP contribution is 2.50. The van der Waals surface area contributed by atoms with Gasteiger partial charge in [-0.3, -0.25) is 9.59 Å². The summed E-state index contributed by atoms with van der Waals surface area (Å²) in [5.74, 6) is 0.251. The van der Waals surface area contributed by atoms with Crippen molar-refractivity contribution in [3.63, 3.8) is 0 Å². The number of rotatable bonds is 6. The Balaban J connectivity index is 1.69. The van der Waals surface area contributed by atoms with Crippen LogP contribution in [0.4, 0.5) is 0 Å². The van der Waals surface area contributed by atoms with Crippen molar-refractivity contribution in [2.75, 3.05) is 19.6 Å². The molecule has 2 aliphatic heterocycles. The molecule has 2 fully saturated rings. The summed E-state index contributed by atoms with van der Waals surface area (Å²) in [4.78, 5) is 32.8. The van der Waals surface area contributed by atoms with Gasteiger partial charge < -0.3 is 20.2 Å². The van der Waals surface area contributed by atoms with E-state index in [0.717, 1.165) is 16.7 Å². The lowest BCUT2D eigenvalue weighted by Gasteiger charge is -2.52. The van der Waals surface area contributed by atoms with Crippen LogP contribution in [0.25, 0.3) is 0 Å². The van der Waals surface area contributed by atoms with Crippen LogP contribution in [0.15, 0.2) is 60.7 Å². The van der Waals surface area contributed by atoms with E-state index in [1.165, 1.54) is 0 Å². The van der Waals surface area contributed by atoms with E-state index in [1.54, 1.807) is 12.1 Å². The van der Waals surface area contributed by atoms with Gasteiger partial charge in [0.1, 0.15) is 5.75 Å². The number of phenols is 1. The van der Waals surface area contributed by atoms with Crippen molar-refractivity contribution in [3.8, 4) is 5.75 Å². The Labute approximate surface area is 258 Å². The number of hydrogen-bond acceptors (Lipinski definition) is 4. The summed E-state index contributed by atoms with van der Waals surface area (Å²) in [6, 6.07) is 18.9. The minimum absolute atomic E-state index is 0.00475. The number of likely N-dealkylation sites (tertiary alicyclic amines) is 1. The maximum atomic E-state index is 15.1. The average Bonchev–Trinajstić information content (AvgIpc) is 2.95. The first kappa shape index (κ1) is 30.4. The van der Waals surface area contributed by atoms with Gasteiger partial charge in [0.15, 0.2) is 0 Å². The lowest BCUT2D eigenvalue weighted by molar-refractivity contribution is -0.152. The fourth-order valence-electron chi connectivity index (χ4n) is 6.99. The Morgan fingerprint density at radius 2 is 1.64 bits per heavy atom. The highest BCUT2D eigenvalue weighted by Gasteiger charge is 2.56. The third kappa shape index (κ3) is 5.77. The van der Waals surface area contributed by atoms with Crippen molar-refractivity contribution in [1.29, 1.82) is 0 Å².